The molecule has 0 aliphatic carbocycles. The first-order chi connectivity index (χ1) is 11.9. The molecule has 0 unspecified atom stereocenters. The molecule has 0 saturated heterocycles. The van der Waals surface area contributed by atoms with Gasteiger partial charge in [-0.25, -0.2) is 9.59 Å². The number of ether oxygens (including phenoxy) is 2. The van der Waals surface area contributed by atoms with Crippen molar-refractivity contribution >= 4 is 23.8 Å². The Balaban J connectivity index is 5.14. The summed E-state index contributed by atoms with van der Waals surface area (Å²) >= 11 is 0. The Kier molecular flexibility index (Phi) is 9.90. The van der Waals surface area contributed by atoms with Crippen molar-refractivity contribution in [3.63, 3.8) is 0 Å². The van der Waals surface area contributed by atoms with Crippen LogP contribution in [-0.2, 0) is 23.9 Å². The molecule has 2 N–H and O–H groups in total. The van der Waals surface area contributed by atoms with Crippen LogP contribution in [0.5, 0.6) is 0 Å². The van der Waals surface area contributed by atoms with Crippen molar-refractivity contribution in [2.45, 2.75) is 79.0 Å². The van der Waals surface area contributed by atoms with Gasteiger partial charge in [-0.15, -0.1) is 0 Å². The summed E-state index contributed by atoms with van der Waals surface area (Å²) in [7, 11) is 0. The second-order valence-electron chi connectivity index (χ2n) is 7.42. The molecule has 0 saturated carbocycles. The zero-order valence-electron chi connectivity index (χ0n) is 16.8. The topological polar surface area (TPSA) is 111 Å². The zero-order chi connectivity index (χ0) is 20.5. The van der Waals surface area contributed by atoms with Crippen LogP contribution in [-0.4, -0.2) is 48.0 Å². The maximum atomic E-state index is 12.6. The quantitative estimate of drug-likeness (QED) is 0.599. The van der Waals surface area contributed by atoms with Crippen molar-refractivity contribution < 1.29 is 28.7 Å². The molecule has 0 bridgehead atoms. The van der Waals surface area contributed by atoms with Crippen LogP contribution >= 0.6 is 0 Å². The normalized spacial score (nSPS) is 13.5. The maximum Gasteiger partial charge on any atom is 0.408 e. The van der Waals surface area contributed by atoms with Gasteiger partial charge < -0.3 is 24.9 Å². The Labute approximate surface area is 155 Å². The summed E-state index contributed by atoms with van der Waals surface area (Å²) in [5.41, 5.74) is -0.725. The fourth-order valence-corrected chi connectivity index (χ4v) is 2.05. The lowest BCUT2D eigenvalue weighted by molar-refractivity contribution is -0.149. The SMILES string of the molecule is CCOC(=O)[C@@H](NC(=O)[C@H](CCC(C)=O)NC(=O)OC(C)(C)C)C(C)C. The highest BCUT2D eigenvalue weighted by molar-refractivity contribution is 5.90. The number of Topliss-reactive ketones (excluding diaryl/α,β-unsaturated/α-hetero) is 1. The highest BCUT2D eigenvalue weighted by atomic mass is 16.6. The fraction of sp³-hybridized carbons (Fsp3) is 0.778. The first-order valence-electron chi connectivity index (χ1n) is 8.83. The minimum Gasteiger partial charge on any atom is -0.464 e. The molecule has 26 heavy (non-hydrogen) atoms. The number of hydrogen-bond donors (Lipinski definition) is 2. The Morgan fingerprint density at radius 3 is 2.04 bits per heavy atom. The van der Waals surface area contributed by atoms with Gasteiger partial charge in [0.2, 0.25) is 5.91 Å². The molecule has 0 spiro atoms. The highest BCUT2D eigenvalue weighted by Crippen LogP contribution is 2.09. The lowest BCUT2D eigenvalue weighted by Crippen LogP contribution is -2.54. The van der Waals surface area contributed by atoms with E-state index in [2.05, 4.69) is 10.6 Å². The maximum absolute atomic E-state index is 12.6. The van der Waals surface area contributed by atoms with Crippen molar-refractivity contribution in [3.8, 4) is 0 Å². The minimum absolute atomic E-state index is 0.105. The number of ketones is 1. The van der Waals surface area contributed by atoms with Crippen molar-refractivity contribution in [1.82, 2.24) is 10.6 Å². The Bertz CT molecular complexity index is 510. The number of rotatable bonds is 9. The predicted octanol–water partition coefficient (Wildman–Crippen LogP) is 1.95. The molecule has 0 fully saturated rings. The molecule has 0 rings (SSSR count). The van der Waals surface area contributed by atoms with Crippen LogP contribution in [0.3, 0.4) is 0 Å². The van der Waals surface area contributed by atoms with Gasteiger partial charge in [-0.05, 0) is 47.0 Å². The summed E-state index contributed by atoms with van der Waals surface area (Å²) in [5.74, 6) is -1.42. The van der Waals surface area contributed by atoms with Crippen molar-refractivity contribution in [1.29, 1.82) is 0 Å². The molecule has 0 radical (unpaired) electrons. The zero-order valence-corrected chi connectivity index (χ0v) is 16.8. The summed E-state index contributed by atoms with van der Waals surface area (Å²) in [6.07, 6.45) is -0.549. The van der Waals surface area contributed by atoms with Crippen molar-refractivity contribution in [2.75, 3.05) is 6.61 Å². The van der Waals surface area contributed by atoms with Crippen LogP contribution in [0.15, 0.2) is 0 Å². The molecule has 0 aliphatic heterocycles. The van der Waals surface area contributed by atoms with E-state index in [4.69, 9.17) is 9.47 Å². The van der Waals surface area contributed by atoms with Gasteiger partial charge in [0.15, 0.2) is 0 Å². The molecule has 8 nitrogen and oxygen atoms in total. The van der Waals surface area contributed by atoms with Gasteiger partial charge in [0.05, 0.1) is 6.61 Å². The standard InChI is InChI=1S/C18H32N2O6/c1-8-25-16(23)14(11(2)3)20-15(22)13(10-9-12(4)21)19-17(24)26-18(5,6)7/h11,13-14H,8-10H2,1-7H3,(H,19,24)(H,20,22)/t13-,14-/m0/s1. The van der Waals surface area contributed by atoms with Crippen LogP contribution in [0.4, 0.5) is 4.79 Å². The summed E-state index contributed by atoms with van der Waals surface area (Å²) < 4.78 is 10.1. The van der Waals surface area contributed by atoms with E-state index in [1.165, 1.54) is 6.92 Å². The van der Waals surface area contributed by atoms with E-state index in [-0.39, 0.29) is 31.1 Å². The number of alkyl carbamates (subject to hydrolysis) is 1. The van der Waals surface area contributed by atoms with Gasteiger partial charge in [0, 0.05) is 6.42 Å². The third-order valence-corrected chi connectivity index (χ3v) is 3.30. The summed E-state index contributed by atoms with van der Waals surface area (Å²) in [5, 5.41) is 5.06. The van der Waals surface area contributed by atoms with Crippen molar-refractivity contribution in [2.24, 2.45) is 5.92 Å². The van der Waals surface area contributed by atoms with Crippen LogP contribution in [0.25, 0.3) is 0 Å². The average Bonchev–Trinajstić information content (AvgIpc) is 2.46. The third kappa shape index (κ3) is 10.0. The smallest absolute Gasteiger partial charge is 0.408 e. The van der Waals surface area contributed by atoms with E-state index in [1.54, 1.807) is 41.5 Å². The lowest BCUT2D eigenvalue weighted by Gasteiger charge is -2.26. The average molecular weight is 372 g/mol. The number of carbonyl (C=O) groups excluding carboxylic acids is 4. The van der Waals surface area contributed by atoms with Crippen molar-refractivity contribution in [3.05, 3.63) is 0 Å². The molecule has 2 atom stereocenters. The van der Waals surface area contributed by atoms with Gasteiger partial charge >= 0.3 is 12.1 Å². The summed E-state index contributed by atoms with van der Waals surface area (Å²) in [6, 6.07) is -1.84. The van der Waals surface area contributed by atoms with Crippen LogP contribution in [0.2, 0.25) is 0 Å². The van der Waals surface area contributed by atoms with Gasteiger partial charge in [0.25, 0.3) is 0 Å². The van der Waals surface area contributed by atoms with Crippen LogP contribution in [0.1, 0.15) is 61.3 Å². The first-order valence-corrected chi connectivity index (χ1v) is 8.83. The largest absolute Gasteiger partial charge is 0.464 e. The number of amides is 2. The molecular formula is C18H32N2O6. The molecule has 0 aliphatic rings. The fourth-order valence-electron chi connectivity index (χ4n) is 2.05. The summed E-state index contributed by atoms with van der Waals surface area (Å²) in [6.45, 7) is 11.9. The van der Waals surface area contributed by atoms with E-state index >= 15 is 0 Å². The second kappa shape index (κ2) is 10.8. The number of carbonyl (C=O) groups is 4. The lowest BCUT2D eigenvalue weighted by atomic mass is 10.0. The van der Waals surface area contributed by atoms with E-state index < -0.39 is 35.7 Å². The molecule has 0 heterocycles. The Morgan fingerprint density at radius 2 is 1.62 bits per heavy atom. The Morgan fingerprint density at radius 1 is 1.04 bits per heavy atom. The molecule has 0 aromatic rings. The molecule has 150 valence electrons. The molecule has 8 heteroatoms. The number of esters is 1. The van der Waals surface area contributed by atoms with E-state index in [0.717, 1.165) is 0 Å². The van der Waals surface area contributed by atoms with E-state index in [1.807, 2.05) is 0 Å². The monoisotopic (exact) mass is 372 g/mol. The van der Waals surface area contributed by atoms with Gasteiger partial charge in [-0.1, -0.05) is 13.8 Å². The first kappa shape index (κ1) is 23.9. The molecular weight excluding hydrogens is 340 g/mol. The Hall–Kier alpha value is -2.12. The predicted molar refractivity (Wildman–Crippen MR) is 96.5 cm³/mol. The summed E-state index contributed by atoms with van der Waals surface area (Å²) in [4.78, 5) is 47.8. The molecule has 0 aromatic heterocycles. The number of nitrogens with one attached hydrogen (secondary N) is 2. The number of hydrogen-bond acceptors (Lipinski definition) is 6. The highest BCUT2D eigenvalue weighted by Gasteiger charge is 2.30. The third-order valence-electron chi connectivity index (χ3n) is 3.30. The minimum atomic E-state index is -0.996. The van der Waals surface area contributed by atoms with E-state index in [9.17, 15) is 19.2 Å². The van der Waals surface area contributed by atoms with Crippen LogP contribution < -0.4 is 10.6 Å². The van der Waals surface area contributed by atoms with Gasteiger partial charge in [0.1, 0.15) is 23.5 Å². The molecule has 2 amide bonds. The second-order valence-corrected chi connectivity index (χ2v) is 7.42. The van der Waals surface area contributed by atoms with Crippen LogP contribution in [0, 0.1) is 5.92 Å². The van der Waals surface area contributed by atoms with Gasteiger partial charge in [-0.3, -0.25) is 4.79 Å². The molecule has 0 aromatic carbocycles. The van der Waals surface area contributed by atoms with E-state index in [0.29, 0.717) is 0 Å². The van der Waals surface area contributed by atoms with Gasteiger partial charge in [-0.2, -0.15) is 0 Å².